The van der Waals surface area contributed by atoms with Crippen LogP contribution in [0, 0.1) is 56.7 Å². The Morgan fingerprint density at radius 2 is 1.43 bits per heavy atom. The summed E-state index contributed by atoms with van der Waals surface area (Å²) >= 11 is 3.53. The molecule has 5 rings (SSSR count). The number of alkyl halides is 1. The van der Waals surface area contributed by atoms with Gasteiger partial charge in [0.05, 0.1) is 18.1 Å². The van der Waals surface area contributed by atoms with Gasteiger partial charge >= 0.3 is 5.97 Å². The van der Waals surface area contributed by atoms with E-state index < -0.39 is 0 Å². The van der Waals surface area contributed by atoms with Crippen LogP contribution >= 0.6 is 15.9 Å². The van der Waals surface area contributed by atoms with Crippen LogP contribution in [-0.2, 0) is 9.53 Å². The molecular weight excluding hydrogens is 632 g/mol. The molecule has 0 saturated heterocycles. The first-order valence-corrected chi connectivity index (χ1v) is 21.0. The quantitative estimate of drug-likeness (QED) is 0.0899. The van der Waals surface area contributed by atoms with Gasteiger partial charge in [-0.3, -0.25) is 4.79 Å². The first kappa shape index (κ1) is 36.9. The highest BCUT2D eigenvalue weighted by molar-refractivity contribution is 9.09. The Balaban J connectivity index is 1.26. The van der Waals surface area contributed by atoms with Gasteiger partial charge in [0.25, 0.3) is 0 Å². The highest BCUT2D eigenvalue weighted by atomic mass is 79.9. The molecule has 5 aliphatic carbocycles. The molecule has 4 fully saturated rings. The molecule has 4 heteroatoms. The fourth-order valence-corrected chi connectivity index (χ4v) is 13.1. The zero-order valence-electron chi connectivity index (χ0n) is 31.0. The fraction of sp³-hybridized carbons (Fsp3) is 0.929. The van der Waals surface area contributed by atoms with Crippen LogP contribution in [0.25, 0.3) is 0 Å². The van der Waals surface area contributed by atoms with E-state index in [2.05, 4.69) is 70.5 Å². The number of esters is 1. The van der Waals surface area contributed by atoms with E-state index in [1.165, 1.54) is 70.6 Å². The predicted octanol–water partition coefficient (Wildman–Crippen LogP) is 11.8. The van der Waals surface area contributed by atoms with Crippen LogP contribution in [0.2, 0.25) is 0 Å². The van der Waals surface area contributed by atoms with Crippen LogP contribution in [0.5, 0.6) is 0 Å². The van der Waals surface area contributed by atoms with Crippen molar-refractivity contribution in [1.29, 1.82) is 0 Å². The molecule has 0 heterocycles. The number of rotatable bonds is 13. The highest BCUT2D eigenvalue weighted by Gasteiger charge is 2.69. The Bertz CT molecular complexity index is 1080. The van der Waals surface area contributed by atoms with Gasteiger partial charge in [0, 0.05) is 5.33 Å². The molecule has 5 aliphatic rings. The number of carbonyl (C=O) groups excluding carboxylic acids is 1. The van der Waals surface area contributed by atoms with E-state index >= 15 is 0 Å². The smallest absolute Gasteiger partial charge is 0.312 e. The number of hydrogen-bond acceptors (Lipinski definition) is 3. The van der Waals surface area contributed by atoms with E-state index in [1.54, 1.807) is 5.57 Å². The SMILES string of the molecule is C[C@H]1[C@H](C)CC[C@]2(C(=O)OCCCCCCCCCCCCBr)CC[C@]3(C)C(=CC[C@@H]4[C@@]5(C)CC[C@H](O)C(C)(C)[C@@H]5CC[C@]43C)[C@H]12. The van der Waals surface area contributed by atoms with Crippen LogP contribution in [0.4, 0.5) is 0 Å². The van der Waals surface area contributed by atoms with Gasteiger partial charge in [0.2, 0.25) is 0 Å². The minimum Gasteiger partial charge on any atom is -0.465 e. The summed E-state index contributed by atoms with van der Waals surface area (Å²) < 4.78 is 6.28. The third kappa shape index (κ3) is 6.26. The summed E-state index contributed by atoms with van der Waals surface area (Å²) in [5, 5.41) is 12.2. The standard InChI is InChI=1S/C42H71BrO3/c1-30-20-25-42(37(45)46-29-17-15-13-11-9-8-10-12-14-16-28-43)27-26-40(6)32(36(42)31(30)2)18-19-34-39(5)23-22-35(44)38(3,4)33(39)21-24-41(34,40)7/h18,30-31,33-36,44H,8-17,19-29H2,1-7H3/t30-,31+,33+,34-,35+,36+,39+,40-,41-,42+/m1/s1. The van der Waals surface area contributed by atoms with Gasteiger partial charge in [-0.1, -0.05) is 127 Å². The van der Waals surface area contributed by atoms with E-state index in [-0.39, 0.29) is 39.1 Å². The number of ether oxygens (including phenoxy) is 1. The van der Waals surface area contributed by atoms with Gasteiger partial charge in [-0.15, -0.1) is 0 Å². The average molecular weight is 704 g/mol. The first-order chi connectivity index (χ1) is 21.8. The van der Waals surface area contributed by atoms with Crippen molar-refractivity contribution in [3.8, 4) is 0 Å². The van der Waals surface area contributed by atoms with E-state index in [1.807, 2.05) is 0 Å². The largest absolute Gasteiger partial charge is 0.465 e. The lowest BCUT2D eigenvalue weighted by atomic mass is 9.33. The molecule has 46 heavy (non-hydrogen) atoms. The molecule has 3 nitrogen and oxygen atoms in total. The van der Waals surface area contributed by atoms with Crippen LogP contribution in [0.15, 0.2) is 11.6 Å². The van der Waals surface area contributed by atoms with Crippen molar-refractivity contribution in [3.63, 3.8) is 0 Å². The Labute approximate surface area is 292 Å². The number of aliphatic hydroxyl groups excluding tert-OH is 1. The van der Waals surface area contributed by atoms with Crippen molar-refractivity contribution in [2.24, 2.45) is 56.7 Å². The lowest BCUT2D eigenvalue weighted by molar-refractivity contribution is -0.207. The monoisotopic (exact) mass is 702 g/mol. The maximum absolute atomic E-state index is 14.3. The number of halogens is 1. The second-order valence-electron chi connectivity index (χ2n) is 18.5. The summed E-state index contributed by atoms with van der Waals surface area (Å²) in [5.74, 6) is 2.79. The van der Waals surface area contributed by atoms with E-state index in [4.69, 9.17) is 4.74 Å². The molecule has 0 bridgehead atoms. The zero-order chi connectivity index (χ0) is 33.4. The second kappa shape index (κ2) is 14.5. The first-order valence-electron chi connectivity index (χ1n) is 19.9. The van der Waals surface area contributed by atoms with Crippen LogP contribution < -0.4 is 0 Å². The molecule has 0 aromatic heterocycles. The lowest BCUT2D eigenvalue weighted by Crippen LogP contribution is -2.65. The molecule has 0 radical (unpaired) electrons. The third-order valence-corrected chi connectivity index (χ3v) is 16.7. The number of aliphatic hydroxyl groups is 1. The number of hydrogen-bond donors (Lipinski definition) is 1. The number of fused-ring (bicyclic) bond motifs is 7. The van der Waals surface area contributed by atoms with Gasteiger partial charge in [-0.2, -0.15) is 0 Å². The average Bonchev–Trinajstić information content (AvgIpc) is 3.01. The Kier molecular flexibility index (Phi) is 11.6. The van der Waals surface area contributed by atoms with Crippen molar-refractivity contribution in [2.45, 2.75) is 177 Å². The van der Waals surface area contributed by atoms with Gasteiger partial charge in [-0.05, 0) is 122 Å². The summed E-state index contributed by atoms with van der Waals surface area (Å²) in [6.45, 7) is 18.0. The van der Waals surface area contributed by atoms with Gasteiger partial charge in [-0.25, -0.2) is 0 Å². The van der Waals surface area contributed by atoms with E-state index in [0.29, 0.717) is 36.2 Å². The maximum atomic E-state index is 14.3. The third-order valence-electron chi connectivity index (χ3n) is 16.1. The Hall–Kier alpha value is -0.350. The summed E-state index contributed by atoms with van der Waals surface area (Å²) in [5.41, 5.74) is 1.88. The van der Waals surface area contributed by atoms with Gasteiger partial charge < -0.3 is 9.84 Å². The number of carbonyl (C=O) groups is 1. The van der Waals surface area contributed by atoms with Crippen molar-refractivity contribution in [1.82, 2.24) is 0 Å². The normalized spacial score (nSPS) is 43.0. The van der Waals surface area contributed by atoms with Crippen molar-refractivity contribution >= 4 is 21.9 Å². The fourth-order valence-electron chi connectivity index (χ4n) is 12.8. The molecule has 0 aliphatic heterocycles. The minimum atomic E-state index is -0.340. The number of unbranched alkanes of at least 4 members (excludes halogenated alkanes) is 9. The zero-order valence-corrected chi connectivity index (χ0v) is 32.6. The summed E-state index contributed by atoms with van der Waals surface area (Å²) in [7, 11) is 0. The van der Waals surface area contributed by atoms with Crippen molar-refractivity contribution in [3.05, 3.63) is 11.6 Å². The van der Waals surface area contributed by atoms with Crippen molar-refractivity contribution < 1.29 is 14.6 Å². The van der Waals surface area contributed by atoms with Crippen molar-refractivity contribution in [2.75, 3.05) is 11.9 Å². The molecule has 0 aromatic rings. The molecular formula is C42H71BrO3. The molecule has 4 saturated carbocycles. The topological polar surface area (TPSA) is 46.5 Å². The highest BCUT2D eigenvalue weighted by Crippen LogP contribution is 2.75. The van der Waals surface area contributed by atoms with Crippen LogP contribution in [0.3, 0.4) is 0 Å². The lowest BCUT2D eigenvalue weighted by Gasteiger charge is -2.71. The molecule has 0 spiro atoms. The Morgan fingerprint density at radius 1 is 0.804 bits per heavy atom. The minimum absolute atomic E-state index is 0.0232. The maximum Gasteiger partial charge on any atom is 0.312 e. The van der Waals surface area contributed by atoms with Gasteiger partial charge in [0.1, 0.15) is 0 Å². The Morgan fingerprint density at radius 3 is 2.09 bits per heavy atom. The number of allylic oxidation sites excluding steroid dienone is 2. The molecule has 1 N–H and O–H groups in total. The second-order valence-corrected chi connectivity index (χ2v) is 19.3. The van der Waals surface area contributed by atoms with Crippen LogP contribution in [0.1, 0.15) is 170 Å². The summed E-state index contributed by atoms with van der Waals surface area (Å²) in [6, 6.07) is 0. The van der Waals surface area contributed by atoms with E-state index in [9.17, 15) is 9.90 Å². The molecule has 0 unspecified atom stereocenters. The molecule has 0 aromatic carbocycles. The van der Waals surface area contributed by atoms with E-state index in [0.717, 1.165) is 56.7 Å². The predicted molar refractivity (Wildman–Crippen MR) is 196 cm³/mol. The molecule has 264 valence electrons. The van der Waals surface area contributed by atoms with Crippen LogP contribution in [-0.4, -0.2) is 29.1 Å². The summed E-state index contributed by atoms with van der Waals surface area (Å²) in [6.07, 6.45) is 25.3. The summed E-state index contributed by atoms with van der Waals surface area (Å²) in [4.78, 5) is 14.3. The van der Waals surface area contributed by atoms with Gasteiger partial charge in [0.15, 0.2) is 0 Å². The molecule has 0 amide bonds. The molecule has 10 atom stereocenters.